The maximum atomic E-state index is 11.2. The summed E-state index contributed by atoms with van der Waals surface area (Å²) in [4.78, 5) is 29.4. The van der Waals surface area contributed by atoms with Gasteiger partial charge in [0.25, 0.3) is 0 Å². The van der Waals surface area contributed by atoms with Gasteiger partial charge in [0.1, 0.15) is 23.0 Å². The number of nitro groups is 2. The normalized spacial score (nSPS) is 10.9. The van der Waals surface area contributed by atoms with Crippen LogP contribution >= 0.6 is 15.9 Å². The lowest BCUT2D eigenvalue weighted by molar-refractivity contribution is -0.422. The maximum absolute atomic E-state index is 11.2. The molecule has 0 amide bonds. The molecule has 0 radical (unpaired) electrons. The molecule has 0 spiro atoms. The minimum atomic E-state index is -0.865. The zero-order valence-corrected chi connectivity index (χ0v) is 15.8. The Morgan fingerprint density at radius 1 is 1.03 bits per heavy atom. The molecule has 2 heterocycles. The van der Waals surface area contributed by atoms with Gasteiger partial charge in [-0.1, -0.05) is 15.9 Å². The van der Waals surface area contributed by atoms with Crippen LogP contribution in [-0.2, 0) is 0 Å². The first-order valence-corrected chi connectivity index (χ1v) is 8.71. The summed E-state index contributed by atoms with van der Waals surface area (Å²) >= 11 is 3.34. The van der Waals surface area contributed by atoms with Crippen molar-refractivity contribution in [1.82, 2.24) is 14.5 Å². The quantitative estimate of drug-likeness (QED) is 0.362. The molecule has 29 heavy (non-hydrogen) atoms. The predicted molar refractivity (Wildman–Crippen MR) is 107 cm³/mol. The van der Waals surface area contributed by atoms with Crippen molar-refractivity contribution in [2.75, 3.05) is 5.73 Å². The van der Waals surface area contributed by atoms with Crippen molar-refractivity contribution in [1.29, 1.82) is 5.26 Å². The van der Waals surface area contributed by atoms with E-state index in [0.717, 1.165) is 16.6 Å². The molecule has 2 aromatic carbocycles. The Hall–Kier alpha value is -4.11. The van der Waals surface area contributed by atoms with Crippen molar-refractivity contribution < 1.29 is 9.85 Å². The molecule has 0 bridgehead atoms. The van der Waals surface area contributed by atoms with Gasteiger partial charge in [0, 0.05) is 10.2 Å². The van der Waals surface area contributed by atoms with E-state index in [1.54, 1.807) is 24.3 Å². The summed E-state index contributed by atoms with van der Waals surface area (Å²) in [6, 6.07) is 11.0. The van der Waals surface area contributed by atoms with E-state index >= 15 is 0 Å². The zero-order chi connectivity index (χ0) is 20.9. The summed E-state index contributed by atoms with van der Waals surface area (Å²) < 4.78 is 2.33. The molecule has 142 valence electrons. The Kier molecular flexibility index (Phi) is 4.09. The first-order chi connectivity index (χ1) is 13.8. The van der Waals surface area contributed by atoms with Crippen LogP contribution in [0.4, 0.5) is 17.2 Å². The minimum Gasteiger partial charge on any atom is -0.384 e. The first kappa shape index (κ1) is 18.3. The van der Waals surface area contributed by atoms with Gasteiger partial charge in [-0.05, 0) is 24.3 Å². The molecule has 0 fully saturated rings. The molecule has 2 N–H and O–H groups in total. The molecule has 0 aliphatic heterocycles. The summed E-state index contributed by atoms with van der Waals surface area (Å²) in [5.74, 6) is 0.0872. The van der Waals surface area contributed by atoms with E-state index in [-0.39, 0.29) is 33.6 Å². The molecule has 0 atom stereocenters. The lowest BCUT2D eigenvalue weighted by atomic mass is 10.2. The van der Waals surface area contributed by atoms with Gasteiger partial charge in [-0.15, -0.1) is 0 Å². The van der Waals surface area contributed by atoms with Crippen LogP contribution in [0.5, 0.6) is 0 Å². The zero-order valence-electron chi connectivity index (χ0n) is 14.2. The third kappa shape index (κ3) is 2.80. The molecule has 0 saturated carbocycles. The van der Waals surface area contributed by atoms with Crippen LogP contribution in [0, 0.1) is 31.6 Å². The lowest BCUT2D eigenvalue weighted by Crippen LogP contribution is -2.02. The van der Waals surface area contributed by atoms with Gasteiger partial charge < -0.3 is 5.73 Å². The predicted octanol–water partition coefficient (Wildman–Crippen LogP) is 3.61. The molecule has 0 aliphatic carbocycles. The average molecular weight is 454 g/mol. The molecular formula is C17H8BrN7O4. The number of nitro benzene ring substituents is 2. The number of nitriles is 1. The van der Waals surface area contributed by atoms with Gasteiger partial charge in [0.15, 0.2) is 5.65 Å². The van der Waals surface area contributed by atoms with E-state index in [1.807, 2.05) is 6.07 Å². The largest absolute Gasteiger partial charge is 0.384 e. The number of benzene rings is 2. The highest BCUT2D eigenvalue weighted by molar-refractivity contribution is 9.10. The number of fused-ring (bicyclic) bond motifs is 2. The Labute approximate surface area is 169 Å². The molecule has 0 unspecified atom stereocenters. The van der Waals surface area contributed by atoms with E-state index in [9.17, 15) is 25.5 Å². The van der Waals surface area contributed by atoms with Gasteiger partial charge in [-0.3, -0.25) is 24.8 Å². The Bertz CT molecular complexity index is 1390. The minimum absolute atomic E-state index is 0.0410. The van der Waals surface area contributed by atoms with Crippen LogP contribution in [0.2, 0.25) is 0 Å². The number of hydrogen-bond donors (Lipinski definition) is 1. The van der Waals surface area contributed by atoms with Gasteiger partial charge in [-0.25, -0.2) is 9.97 Å². The SMILES string of the molecule is N#Cc1c(N)n(-c2ccc(Br)cc2)c2nc3cc([N+](=O)[O-])c([N+](=O)[O-])cc3nc12. The van der Waals surface area contributed by atoms with E-state index in [1.165, 1.54) is 4.57 Å². The number of anilines is 1. The van der Waals surface area contributed by atoms with Crippen molar-refractivity contribution in [3.05, 3.63) is 66.7 Å². The molecule has 4 rings (SSSR count). The van der Waals surface area contributed by atoms with Crippen LogP contribution < -0.4 is 5.73 Å². The Morgan fingerprint density at radius 2 is 1.59 bits per heavy atom. The number of rotatable bonds is 3. The number of nitrogens with zero attached hydrogens (tertiary/aromatic N) is 6. The topological polar surface area (TPSA) is 167 Å². The van der Waals surface area contributed by atoms with Crippen molar-refractivity contribution in [3.8, 4) is 11.8 Å². The highest BCUT2D eigenvalue weighted by Gasteiger charge is 2.27. The monoisotopic (exact) mass is 453 g/mol. The fourth-order valence-corrected chi connectivity index (χ4v) is 3.26. The molecule has 4 aromatic rings. The third-order valence-corrected chi connectivity index (χ3v) is 4.81. The summed E-state index contributed by atoms with van der Waals surface area (Å²) in [5.41, 5.74) is 5.84. The van der Waals surface area contributed by atoms with Gasteiger partial charge in [0.2, 0.25) is 0 Å². The molecule has 0 saturated heterocycles. The smallest absolute Gasteiger partial charge is 0.348 e. The van der Waals surface area contributed by atoms with E-state index in [2.05, 4.69) is 25.9 Å². The summed E-state index contributed by atoms with van der Waals surface area (Å²) in [5, 5.41) is 32.0. The van der Waals surface area contributed by atoms with E-state index < -0.39 is 21.2 Å². The Morgan fingerprint density at radius 3 is 2.10 bits per heavy atom. The number of nitrogens with two attached hydrogens (primary N) is 1. The second-order valence-corrected chi connectivity index (χ2v) is 6.84. The van der Waals surface area contributed by atoms with Crippen LogP contribution in [0.25, 0.3) is 27.9 Å². The maximum Gasteiger partial charge on any atom is 0.348 e. The van der Waals surface area contributed by atoms with Gasteiger partial charge >= 0.3 is 11.4 Å². The number of aromatic nitrogens is 3. The highest BCUT2D eigenvalue weighted by Crippen LogP contribution is 2.34. The van der Waals surface area contributed by atoms with Crippen LogP contribution in [0.15, 0.2) is 40.9 Å². The second kappa shape index (κ2) is 6.50. The lowest BCUT2D eigenvalue weighted by Gasteiger charge is -2.07. The number of hydrogen-bond acceptors (Lipinski definition) is 8. The third-order valence-electron chi connectivity index (χ3n) is 4.28. The number of nitrogen functional groups attached to an aromatic ring is 1. The second-order valence-electron chi connectivity index (χ2n) is 5.92. The van der Waals surface area contributed by atoms with Crippen molar-refractivity contribution in [2.45, 2.75) is 0 Å². The Balaban J connectivity index is 2.12. The van der Waals surface area contributed by atoms with E-state index in [4.69, 9.17) is 5.73 Å². The van der Waals surface area contributed by atoms with Crippen molar-refractivity contribution in [2.24, 2.45) is 0 Å². The fraction of sp³-hybridized carbons (Fsp3) is 0. The molecular weight excluding hydrogens is 446 g/mol. The van der Waals surface area contributed by atoms with Crippen molar-refractivity contribution >= 4 is 55.3 Å². The van der Waals surface area contributed by atoms with Crippen molar-refractivity contribution in [3.63, 3.8) is 0 Å². The first-order valence-electron chi connectivity index (χ1n) is 7.92. The van der Waals surface area contributed by atoms with Gasteiger partial charge in [0.05, 0.1) is 33.0 Å². The van der Waals surface area contributed by atoms with Crippen LogP contribution in [0.1, 0.15) is 5.56 Å². The van der Waals surface area contributed by atoms with Crippen LogP contribution in [-0.4, -0.2) is 24.4 Å². The summed E-state index contributed by atoms with van der Waals surface area (Å²) in [7, 11) is 0. The molecule has 0 aliphatic rings. The average Bonchev–Trinajstić information content (AvgIpc) is 2.95. The van der Waals surface area contributed by atoms with Crippen LogP contribution in [0.3, 0.4) is 0 Å². The fourth-order valence-electron chi connectivity index (χ4n) is 3.00. The summed E-state index contributed by atoms with van der Waals surface area (Å²) in [6.45, 7) is 0. The summed E-state index contributed by atoms with van der Waals surface area (Å²) in [6.07, 6.45) is 0. The molecule has 12 heteroatoms. The van der Waals surface area contributed by atoms with Gasteiger partial charge in [-0.2, -0.15) is 5.26 Å². The standard InChI is InChI=1S/C17H8BrN7O4/c18-8-1-3-9(4-2-8)23-16(20)10(7-19)15-17(23)22-12-6-14(25(28)29)13(24(26)27)5-11(12)21-15/h1-6H,20H2. The number of halogens is 1. The van der Waals surface area contributed by atoms with E-state index in [0.29, 0.717) is 5.69 Å². The molecule has 11 nitrogen and oxygen atoms in total. The molecule has 2 aromatic heterocycles. The highest BCUT2D eigenvalue weighted by atomic mass is 79.9.